The van der Waals surface area contributed by atoms with Crippen LogP contribution in [0.4, 0.5) is 5.82 Å². The standard InChI is InChI=1S/C15H21N5O/c1-11-14(12(2)21-19-11)9-16-13-5-4-8-20(10-13)15-6-3-7-17-18-15/h3,6-7,13,16H,4-5,8-10H2,1-2H3/t13-/m1/s1. The zero-order valence-corrected chi connectivity index (χ0v) is 12.5. The Kier molecular flexibility index (Phi) is 4.15. The minimum Gasteiger partial charge on any atom is -0.361 e. The molecular formula is C15H21N5O. The van der Waals surface area contributed by atoms with Crippen LogP contribution in [0.2, 0.25) is 0 Å². The van der Waals surface area contributed by atoms with E-state index >= 15 is 0 Å². The third-order valence-corrected chi connectivity index (χ3v) is 4.05. The van der Waals surface area contributed by atoms with E-state index in [1.807, 2.05) is 26.0 Å². The summed E-state index contributed by atoms with van der Waals surface area (Å²) < 4.78 is 5.21. The molecule has 0 spiro atoms. The van der Waals surface area contributed by atoms with E-state index in [1.165, 1.54) is 12.0 Å². The largest absolute Gasteiger partial charge is 0.361 e. The molecule has 112 valence electrons. The van der Waals surface area contributed by atoms with Crippen molar-refractivity contribution < 1.29 is 4.52 Å². The number of hydrogen-bond acceptors (Lipinski definition) is 6. The first kappa shape index (κ1) is 14.0. The maximum Gasteiger partial charge on any atom is 0.151 e. The Morgan fingerprint density at radius 3 is 3.05 bits per heavy atom. The van der Waals surface area contributed by atoms with Crippen molar-refractivity contribution in [1.82, 2.24) is 20.7 Å². The molecule has 1 fully saturated rings. The number of piperidine rings is 1. The molecule has 0 amide bonds. The summed E-state index contributed by atoms with van der Waals surface area (Å²) in [5.74, 6) is 1.86. The summed E-state index contributed by atoms with van der Waals surface area (Å²) in [5.41, 5.74) is 2.15. The van der Waals surface area contributed by atoms with Gasteiger partial charge in [0.25, 0.3) is 0 Å². The fourth-order valence-electron chi connectivity index (χ4n) is 2.81. The summed E-state index contributed by atoms with van der Waals surface area (Å²) in [6, 6.07) is 4.40. The Bertz CT molecular complexity index is 564. The van der Waals surface area contributed by atoms with Crippen LogP contribution in [0.5, 0.6) is 0 Å². The molecule has 1 saturated heterocycles. The van der Waals surface area contributed by atoms with Crippen LogP contribution in [0.1, 0.15) is 29.9 Å². The quantitative estimate of drug-likeness (QED) is 0.925. The van der Waals surface area contributed by atoms with E-state index in [2.05, 4.69) is 25.6 Å². The second-order valence-corrected chi connectivity index (χ2v) is 5.55. The van der Waals surface area contributed by atoms with Crippen LogP contribution >= 0.6 is 0 Å². The third kappa shape index (κ3) is 3.21. The van der Waals surface area contributed by atoms with Gasteiger partial charge in [-0.2, -0.15) is 5.10 Å². The lowest BCUT2D eigenvalue weighted by molar-refractivity contribution is 0.389. The van der Waals surface area contributed by atoms with Gasteiger partial charge < -0.3 is 14.7 Å². The smallest absolute Gasteiger partial charge is 0.151 e. The molecule has 3 heterocycles. The minimum atomic E-state index is 0.453. The summed E-state index contributed by atoms with van der Waals surface area (Å²) in [4.78, 5) is 2.29. The van der Waals surface area contributed by atoms with Crippen molar-refractivity contribution in [3.8, 4) is 0 Å². The molecule has 1 aliphatic rings. The Morgan fingerprint density at radius 1 is 1.43 bits per heavy atom. The Labute approximate surface area is 124 Å². The van der Waals surface area contributed by atoms with Gasteiger partial charge in [0.2, 0.25) is 0 Å². The average molecular weight is 287 g/mol. The van der Waals surface area contributed by atoms with Gasteiger partial charge in [0, 0.05) is 37.4 Å². The molecule has 0 radical (unpaired) electrons. The fourth-order valence-corrected chi connectivity index (χ4v) is 2.81. The lowest BCUT2D eigenvalue weighted by Crippen LogP contribution is -2.45. The predicted molar refractivity (Wildman–Crippen MR) is 80.1 cm³/mol. The van der Waals surface area contributed by atoms with Gasteiger partial charge in [-0.25, -0.2) is 0 Å². The molecule has 6 nitrogen and oxygen atoms in total. The van der Waals surface area contributed by atoms with E-state index < -0.39 is 0 Å². The van der Waals surface area contributed by atoms with Gasteiger partial charge in [-0.1, -0.05) is 5.16 Å². The van der Waals surface area contributed by atoms with Crippen molar-refractivity contribution >= 4 is 5.82 Å². The summed E-state index contributed by atoms with van der Waals surface area (Å²) >= 11 is 0. The summed E-state index contributed by atoms with van der Waals surface area (Å²) in [6.07, 6.45) is 4.05. The molecule has 0 bridgehead atoms. The zero-order valence-electron chi connectivity index (χ0n) is 12.5. The van der Waals surface area contributed by atoms with Crippen LogP contribution in [-0.4, -0.2) is 34.5 Å². The topological polar surface area (TPSA) is 67.1 Å². The number of nitrogens with one attached hydrogen (secondary N) is 1. The third-order valence-electron chi connectivity index (χ3n) is 4.05. The van der Waals surface area contributed by atoms with E-state index in [0.717, 1.165) is 43.3 Å². The first-order chi connectivity index (χ1) is 10.2. The Hall–Kier alpha value is -1.95. The molecule has 0 aromatic carbocycles. The van der Waals surface area contributed by atoms with E-state index in [4.69, 9.17) is 4.52 Å². The lowest BCUT2D eigenvalue weighted by atomic mass is 10.0. The number of nitrogens with zero attached hydrogens (tertiary/aromatic N) is 4. The van der Waals surface area contributed by atoms with Crippen LogP contribution in [-0.2, 0) is 6.54 Å². The van der Waals surface area contributed by atoms with Crippen molar-refractivity contribution in [3.05, 3.63) is 35.3 Å². The molecule has 1 N–H and O–H groups in total. The predicted octanol–water partition coefficient (Wildman–Crippen LogP) is 1.84. The summed E-state index contributed by atoms with van der Waals surface area (Å²) in [5, 5.41) is 15.8. The molecule has 3 rings (SSSR count). The highest BCUT2D eigenvalue weighted by molar-refractivity contribution is 5.37. The first-order valence-electron chi connectivity index (χ1n) is 7.42. The molecule has 2 aromatic heterocycles. The minimum absolute atomic E-state index is 0.453. The molecule has 1 atom stereocenters. The van der Waals surface area contributed by atoms with Gasteiger partial charge in [0.05, 0.1) is 5.69 Å². The Balaban J connectivity index is 1.59. The Morgan fingerprint density at radius 2 is 2.33 bits per heavy atom. The van der Waals surface area contributed by atoms with Crippen molar-refractivity contribution in [1.29, 1.82) is 0 Å². The number of rotatable bonds is 4. The monoisotopic (exact) mass is 287 g/mol. The van der Waals surface area contributed by atoms with Gasteiger partial charge in [-0.05, 0) is 38.8 Å². The van der Waals surface area contributed by atoms with Gasteiger partial charge in [0.1, 0.15) is 5.76 Å². The zero-order chi connectivity index (χ0) is 14.7. The van der Waals surface area contributed by atoms with Crippen LogP contribution in [0.15, 0.2) is 22.9 Å². The average Bonchev–Trinajstić information content (AvgIpc) is 2.85. The molecule has 0 saturated carbocycles. The maximum absolute atomic E-state index is 5.21. The molecule has 2 aromatic rings. The fraction of sp³-hybridized carbons (Fsp3) is 0.533. The molecule has 0 aliphatic carbocycles. The van der Waals surface area contributed by atoms with Gasteiger partial charge in [-0.3, -0.25) is 0 Å². The van der Waals surface area contributed by atoms with Crippen molar-refractivity contribution in [2.75, 3.05) is 18.0 Å². The molecule has 6 heteroatoms. The highest BCUT2D eigenvalue weighted by Gasteiger charge is 2.21. The van der Waals surface area contributed by atoms with E-state index in [9.17, 15) is 0 Å². The van der Waals surface area contributed by atoms with Gasteiger partial charge >= 0.3 is 0 Å². The molecule has 0 unspecified atom stereocenters. The van der Waals surface area contributed by atoms with Crippen LogP contribution in [0.25, 0.3) is 0 Å². The van der Waals surface area contributed by atoms with Crippen molar-refractivity contribution in [2.45, 2.75) is 39.3 Å². The molecular weight excluding hydrogens is 266 g/mol. The maximum atomic E-state index is 5.21. The lowest BCUT2D eigenvalue weighted by Gasteiger charge is -2.33. The second-order valence-electron chi connectivity index (χ2n) is 5.55. The van der Waals surface area contributed by atoms with Crippen molar-refractivity contribution in [3.63, 3.8) is 0 Å². The number of aryl methyl sites for hydroxylation is 2. The first-order valence-corrected chi connectivity index (χ1v) is 7.42. The molecule has 1 aliphatic heterocycles. The van der Waals surface area contributed by atoms with E-state index in [1.54, 1.807) is 6.20 Å². The second kappa shape index (κ2) is 6.22. The number of anilines is 1. The number of hydrogen-bond donors (Lipinski definition) is 1. The highest BCUT2D eigenvalue weighted by Crippen LogP contribution is 2.18. The van der Waals surface area contributed by atoms with E-state index in [-0.39, 0.29) is 0 Å². The number of aromatic nitrogens is 3. The van der Waals surface area contributed by atoms with Crippen LogP contribution in [0.3, 0.4) is 0 Å². The normalized spacial score (nSPS) is 19.0. The van der Waals surface area contributed by atoms with Crippen LogP contribution < -0.4 is 10.2 Å². The SMILES string of the molecule is Cc1noc(C)c1CN[C@@H]1CCCN(c2cccnn2)C1. The van der Waals surface area contributed by atoms with Gasteiger partial charge in [0.15, 0.2) is 5.82 Å². The van der Waals surface area contributed by atoms with Gasteiger partial charge in [-0.15, -0.1) is 5.10 Å². The van der Waals surface area contributed by atoms with Crippen LogP contribution in [0, 0.1) is 13.8 Å². The highest BCUT2D eigenvalue weighted by atomic mass is 16.5. The summed E-state index contributed by atoms with van der Waals surface area (Å²) in [7, 11) is 0. The molecule has 21 heavy (non-hydrogen) atoms. The summed E-state index contributed by atoms with van der Waals surface area (Å²) in [6.45, 7) is 6.76. The van der Waals surface area contributed by atoms with Crippen molar-refractivity contribution in [2.24, 2.45) is 0 Å². The van der Waals surface area contributed by atoms with E-state index in [0.29, 0.717) is 6.04 Å².